The molecule has 0 bridgehead atoms. The molecule has 1 N–H and O–H groups in total. The van der Waals surface area contributed by atoms with Crippen molar-refractivity contribution in [1.82, 2.24) is 9.73 Å². The number of nitrogens with one attached hydrogen (secondary N) is 1. The third kappa shape index (κ3) is 6.49. The fourth-order valence-corrected chi connectivity index (χ4v) is 2.99. The van der Waals surface area contributed by atoms with Crippen molar-refractivity contribution in [3.8, 4) is 11.5 Å². The number of rotatable bonds is 9. The van der Waals surface area contributed by atoms with E-state index < -0.39 is 10.0 Å². The van der Waals surface area contributed by atoms with Gasteiger partial charge in [0.1, 0.15) is 0 Å². The lowest BCUT2D eigenvalue weighted by Gasteiger charge is -2.14. The summed E-state index contributed by atoms with van der Waals surface area (Å²) in [6.07, 6.45) is 1.36. The summed E-state index contributed by atoms with van der Waals surface area (Å²) >= 11 is 0. The molecule has 0 aromatic heterocycles. The lowest BCUT2D eigenvalue weighted by atomic mass is 10.2. The quantitative estimate of drug-likeness (QED) is 0.496. The van der Waals surface area contributed by atoms with Crippen molar-refractivity contribution >= 4 is 22.1 Å². The summed E-state index contributed by atoms with van der Waals surface area (Å²) in [7, 11) is -0.458. The number of hydrogen-bond donors (Lipinski definition) is 1. The van der Waals surface area contributed by atoms with E-state index in [0.29, 0.717) is 23.7 Å². The van der Waals surface area contributed by atoms with Crippen molar-refractivity contribution in [3.63, 3.8) is 0 Å². The number of hydrogen-bond acceptors (Lipinski definition) is 6. The Hall–Kier alpha value is -3.07. The van der Waals surface area contributed by atoms with Gasteiger partial charge >= 0.3 is 0 Å². The van der Waals surface area contributed by atoms with Crippen molar-refractivity contribution in [2.75, 3.05) is 27.3 Å². The highest BCUT2D eigenvalue weighted by Crippen LogP contribution is 2.28. The third-order valence-electron chi connectivity index (χ3n) is 3.84. The predicted octanol–water partition coefficient (Wildman–Crippen LogP) is 2.17. The molecule has 0 atom stereocenters. The first-order valence-electron chi connectivity index (χ1n) is 8.94. The fourth-order valence-electron chi connectivity index (χ4n) is 2.20. The van der Waals surface area contributed by atoms with E-state index in [9.17, 15) is 13.2 Å². The summed E-state index contributed by atoms with van der Waals surface area (Å²) in [5, 5.41) is 3.82. The molecule has 1 amide bonds. The summed E-state index contributed by atoms with van der Waals surface area (Å²) in [5.41, 5.74) is 1.57. The van der Waals surface area contributed by atoms with Crippen LogP contribution in [0.3, 0.4) is 0 Å². The van der Waals surface area contributed by atoms with Crippen LogP contribution in [0.2, 0.25) is 0 Å². The standard InChI is InChI=1S/C20H25N3O5S/c1-5-27-19-12-16(8-11-18(19)28-14-20(24)23(3)4)13-21-22-29(25,26)17-9-6-15(2)7-10-17/h6-13,22H,5,14H2,1-4H3/b21-13-. The normalized spacial score (nSPS) is 11.3. The highest BCUT2D eigenvalue weighted by molar-refractivity contribution is 7.89. The van der Waals surface area contributed by atoms with Crippen molar-refractivity contribution < 1.29 is 22.7 Å². The fraction of sp³-hybridized carbons (Fsp3) is 0.300. The number of ether oxygens (including phenoxy) is 2. The average molecular weight is 420 g/mol. The summed E-state index contributed by atoms with van der Waals surface area (Å²) in [6.45, 7) is 3.99. The van der Waals surface area contributed by atoms with Crippen LogP contribution < -0.4 is 14.3 Å². The third-order valence-corrected chi connectivity index (χ3v) is 5.07. The molecule has 0 radical (unpaired) electrons. The monoisotopic (exact) mass is 419 g/mol. The van der Waals surface area contributed by atoms with Crippen molar-refractivity contribution in [2.45, 2.75) is 18.7 Å². The van der Waals surface area contributed by atoms with Crippen LogP contribution in [-0.4, -0.2) is 52.7 Å². The Bertz CT molecular complexity index is 970. The number of benzene rings is 2. The van der Waals surface area contributed by atoms with E-state index in [4.69, 9.17) is 9.47 Å². The summed E-state index contributed by atoms with van der Waals surface area (Å²) in [6, 6.07) is 11.4. The molecule has 156 valence electrons. The molecule has 0 fully saturated rings. The van der Waals surface area contributed by atoms with Gasteiger partial charge in [-0.15, -0.1) is 0 Å². The molecular weight excluding hydrogens is 394 g/mol. The van der Waals surface area contributed by atoms with Gasteiger partial charge in [-0.3, -0.25) is 4.79 Å². The summed E-state index contributed by atoms with van der Waals surface area (Å²) in [5.74, 6) is 0.674. The van der Waals surface area contributed by atoms with Crippen LogP contribution in [0.1, 0.15) is 18.1 Å². The number of carbonyl (C=O) groups excluding carboxylic acids is 1. The number of amides is 1. The maximum absolute atomic E-state index is 12.3. The second kappa shape index (κ2) is 9.92. The van der Waals surface area contributed by atoms with E-state index >= 15 is 0 Å². The number of aryl methyl sites for hydroxylation is 1. The molecule has 2 aromatic carbocycles. The molecule has 0 aliphatic carbocycles. The molecule has 2 rings (SSSR count). The molecule has 0 heterocycles. The van der Waals surface area contributed by atoms with Crippen LogP contribution in [-0.2, 0) is 14.8 Å². The largest absolute Gasteiger partial charge is 0.490 e. The lowest BCUT2D eigenvalue weighted by molar-refractivity contribution is -0.130. The number of likely N-dealkylation sites (N-methyl/N-ethyl adjacent to an activating group) is 1. The van der Waals surface area contributed by atoms with E-state index in [1.165, 1.54) is 23.2 Å². The molecule has 8 nitrogen and oxygen atoms in total. The Kier molecular flexibility index (Phi) is 7.60. The molecule has 0 spiro atoms. The summed E-state index contributed by atoms with van der Waals surface area (Å²) < 4.78 is 35.6. The highest BCUT2D eigenvalue weighted by Gasteiger charge is 2.12. The Labute approximate surface area is 171 Å². The number of hydrazone groups is 1. The van der Waals surface area contributed by atoms with Crippen molar-refractivity contribution in [1.29, 1.82) is 0 Å². The zero-order chi connectivity index (χ0) is 21.4. The van der Waals surface area contributed by atoms with E-state index in [2.05, 4.69) is 9.93 Å². The Morgan fingerprint density at radius 3 is 2.41 bits per heavy atom. The Balaban J connectivity index is 2.10. The van der Waals surface area contributed by atoms with Gasteiger partial charge in [0.25, 0.3) is 15.9 Å². The van der Waals surface area contributed by atoms with Gasteiger partial charge in [0, 0.05) is 14.1 Å². The summed E-state index contributed by atoms with van der Waals surface area (Å²) in [4.78, 5) is 15.4. The van der Waals surface area contributed by atoms with Crippen LogP contribution in [0, 0.1) is 6.92 Å². The van der Waals surface area contributed by atoms with Crippen LogP contribution in [0.25, 0.3) is 0 Å². The van der Waals surface area contributed by atoms with Gasteiger partial charge in [-0.2, -0.15) is 13.5 Å². The lowest BCUT2D eigenvalue weighted by Crippen LogP contribution is -2.27. The van der Waals surface area contributed by atoms with E-state index in [1.54, 1.807) is 44.4 Å². The highest BCUT2D eigenvalue weighted by atomic mass is 32.2. The first-order valence-corrected chi connectivity index (χ1v) is 10.4. The molecule has 0 aliphatic rings. The van der Waals surface area contributed by atoms with Gasteiger partial charge in [-0.1, -0.05) is 17.7 Å². The zero-order valence-electron chi connectivity index (χ0n) is 16.9. The first kappa shape index (κ1) is 22.2. The van der Waals surface area contributed by atoms with Gasteiger partial charge in [0.15, 0.2) is 18.1 Å². The van der Waals surface area contributed by atoms with Gasteiger partial charge in [0.2, 0.25) is 0 Å². The number of carbonyl (C=O) groups is 1. The molecule has 0 aliphatic heterocycles. The molecule has 0 saturated heterocycles. The zero-order valence-corrected chi connectivity index (χ0v) is 17.7. The van der Waals surface area contributed by atoms with Crippen LogP contribution in [0.5, 0.6) is 11.5 Å². The second-order valence-corrected chi connectivity index (χ2v) is 8.04. The number of sulfonamides is 1. The first-order chi connectivity index (χ1) is 13.7. The Morgan fingerprint density at radius 1 is 1.10 bits per heavy atom. The minimum Gasteiger partial charge on any atom is -0.490 e. The van der Waals surface area contributed by atoms with Crippen molar-refractivity contribution in [2.24, 2.45) is 5.10 Å². The SMILES string of the molecule is CCOc1cc(/C=N\NS(=O)(=O)c2ccc(C)cc2)ccc1OCC(=O)N(C)C. The van der Waals surface area contributed by atoms with Gasteiger partial charge < -0.3 is 14.4 Å². The molecule has 0 unspecified atom stereocenters. The molecule has 2 aromatic rings. The molecule has 29 heavy (non-hydrogen) atoms. The van der Waals surface area contributed by atoms with Crippen LogP contribution >= 0.6 is 0 Å². The maximum atomic E-state index is 12.3. The number of nitrogens with zero attached hydrogens (tertiary/aromatic N) is 2. The van der Waals surface area contributed by atoms with E-state index in [1.807, 2.05) is 13.8 Å². The van der Waals surface area contributed by atoms with E-state index in [-0.39, 0.29) is 17.4 Å². The van der Waals surface area contributed by atoms with Gasteiger partial charge in [-0.05, 0) is 49.7 Å². The maximum Gasteiger partial charge on any atom is 0.276 e. The van der Waals surface area contributed by atoms with Crippen LogP contribution in [0.4, 0.5) is 0 Å². The Morgan fingerprint density at radius 2 is 1.79 bits per heavy atom. The van der Waals surface area contributed by atoms with Crippen LogP contribution in [0.15, 0.2) is 52.5 Å². The second-order valence-electron chi connectivity index (χ2n) is 6.38. The topological polar surface area (TPSA) is 97.3 Å². The average Bonchev–Trinajstić information content (AvgIpc) is 2.67. The van der Waals surface area contributed by atoms with E-state index in [0.717, 1.165) is 5.56 Å². The minimum absolute atomic E-state index is 0.114. The minimum atomic E-state index is -3.75. The van der Waals surface area contributed by atoms with Gasteiger partial charge in [0.05, 0.1) is 17.7 Å². The smallest absolute Gasteiger partial charge is 0.276 e. The molecular formula is C20H25N3O5S. The molecule has 0 saturated carbocycles. The van der Waals surface area contributed by atoms with Gasteiger partial charge in [-0.25, -0.2) is 4.83 Å². The van der Waals surface area contributed by atoms with Crippen molar-refractivity contribution in [3.05, 3.63) is 53.6 Å². The molecule has 9 heteroatoms. The predicted molar refractivity (Wildman–Crippen MR) is 111 cm³/mol.